The molecule has 4 heteroatoms. The predicted molar refractivity (Wildman–Crippen MR) is 72.1 cm³/mol. The Bertz CT molecular complexity index is 341. The quantitative estimate of drug-likeness (QED) is 0.821. The predicted octanol–water partition coefficient (Wildman–Crippen LogP) is 1.89. The van der Waals surface area contributed by atoms with Crippen molar-refractivity contribution in [1.82, 2.24) is 20.0 Å². The van der Waals surface area contributed by atoms with Crippen LogP contribution in [0.1, 0.15) is 39.3 Å². The highest BCUT2D eigenvalue weighted by molar-refractivity contribution is 5.09. The van der Waals surface area contributed by atoms with Crippen molar-refractivity contribution in [3.8, 4) is 0 Å². The van der Waals surface area contributed by atoms with Crippen LogP contribution in [0.25, 0.3) is 0 Å². The molecule has 1 unspecified atom stereocenters. The fraction of sp³-hybridized carbons (Fsp3) is 0.769. The topological polar surface area (TPSA) is 33.1 Å². The van der Waals surface area contributed by atoms with Crippen LogP contribution in [0.5, 0.6) is 0 Å². The monoisotopic (exact) mass is 238 g/mol. The van der Waals surface area contributed by atoms with Gasteiger partial charge in [0.15, 0.2) is 0 Å². The van der Waals surface area contributed by atoms with Crippen molar-refractivity contribution < 1.29 is 0 Å². The second-order valence-electron chi connectivity index (χ2n) is 5.44. The summed E-state index contributed by atoms with van der Waals surface area (Å²) in [6, 6.07) is 0.342. The van der Waals surface area contributed by atoms with Gasteiger partial charge in [0.2, 0.25) is 0 Å². The summed E-state index contributed by atoms with van der Waals surface area (Å²) in [5, 5.41) is 7.86. The van der Waals surface area contributed by atoms with Crippen molar-refractivity contribution in [2.24, 2.45) is 0 Å². The molecule has 0 aromatic carbocycles. The number of aryl methyl sites for hydroxylation is 1. The van der Waals surface area contributed by atoms with Crippen LogP contribution < -0.4 is 5.32 Å². The fourth-order valence-electron chi connectivity index (χ4n) is 1.45. The second kappa shape index (κ2) is 5.65. The van der Waals surface area contributed by atoms with E-state index in [1.54, 1.807) is 0 Å². The smallest absolute Gasteiger partial charge is 0.0537 e. The van der Waals surface area contributed by atoms with Gasteiger partial charge < -0.3 is 10.2 Å². The Kier molecular flexibility index (Phi) is 4.71. The SMILES string of the molecule is CCn1cc(C(C)NCC(C)(C)N(C)C)cn1. The first-order valence-corrected chi connectivity index (χ1v) is 6.30. The van der Waals surface area contributed by atoms with Gasteiger partial charge in [-0.25, -0.2) is 0 Å². The Morgan fingerprint density at radius 3 is 2.59 bits per heavy atom. The van der Waals surface area contributed by atoms with Crippen molar-refractivity contribution in [3.63, 3.8) is 0 Å². The van der Waals surface area contributed by atoms with Crippen molar-refractivity contribution >= 4 is 0 Å². The van der Waals surface area contributed by atoms with Crippen molar-refractivity contribution in [3.05, 3.63) is 18.0 Å². The van der Waals surface area contributed by atoms with E-state index in [0.717, 1.165) is 13.1 Å². The third-order valence-electron chi connectivity index (χ3n) is 3.53. The molecule has 0 aliphatic carbocycles. The van der Waals surface area contributed by atoms with Crippen LogP contribution in [-0.2, 0) is 6.54 Å². The molecule has 1 aromatic rings. The molecule has 1 rings (SSSR count). The van der Waals surface area contributed by atoms with Crippen molar-refractivity contribution in [2.45, 2.75) is 45.8 Å². The molecule has 0 amide bonds. The molecule has 1 atom stereocenters. The third kappa shape index (κ3) is 3.82. The third-order valence-corrected chi connectivity index (χ3v) is 3.53. The lowest BCUT2D eigenvalue weighted by atomic mass is 10.0. The molecule has 0 spiro atoms. The first-order chi connectivity index (χ1) is 7.86. The molecule has 0 saturated carbocycles. The van der Waals surface area contributed by atoms with Crippen LogP contribution in [0.2, 0.25) is 0 Å². The van der Waals surface area contributed by atoms with Crippen LogP contribution in [-0.4, -0.2) is 40.9 Å². The van der Waals surface area contributed by atoms with E-state index >= 15 is 0 Å². The van der Waals surface area contributed by atoms with Gasteiger partial charge in [-0.2, -0.15) is 5.10 Å². The summed E-state index contributed by atoms with van der Waals surface area (Å²) in [6.45, 7) is 10.6. The maximum Gasteiger partial charge on any atom is 0.0537 e. The first-order valence-electron chi connectivity index (χ1n) is 6.30. The Hall–Kier alpha value is -0.870. The summed E-state index contributed by atoms with van der Waals surface area (Å²) in [6.07, 6.45) is 4.06. The molecule has 0 fully saturated rings. The van der Waals surface area contributed by atoms with E-state index in [1.807, 2.05) is 10.9 Å². The maximum absolute atomic E-state index is 4.30. The lowest BCUT2D eigenvalue weighted by Gasteiger charge is -2.33. The van der Waals surface area contributed by atoms with Gasteiger partial charge in [0.25, 0.3) is 0 Å². The Labute approximate surface area is 105 Å². The van der Waals surface area contributed by atoms with Crippen LogP contribution in [0, 0.1) is 0 Å². The van der Waals surface area contributed by atoms with Gasteiger partial charge in [-0.05, 0) is 41.8 Å². The summed E-state index contributed by atoms with van der Waals surface area (Å²) in [5.41, 5.74) is 1.41. The molecular weight excluding hydrogens is 212 g/mol. The molecule has 1 heterocycles. The number of nitrogens with zero attached hydrogens (tertiary/aromatic N) is 3. The molecule has 0 aliphatic heterocycles. The van der Waals surface area contributed by atoms with Gasteiger partial charge >= 0.3 is 0 Å². The van der Waals surface area contributed by atoms with Gasteiger partial charge in [0.05, 0.1) is 6.20 Å². The van der Waals surface area contributed by atoms with E-state index < -0.39 is 0 Å². The van der Waals surface area contributed by atoms with E-state index in [0.29, 0.717) is 6.04 Å². The van der Waals surface area contributed by atoms with E-state index in [2.05, 4.69) is 63.3 Å². The minimum Gasteiger partial charge on any atom is -0.308 e. The largest absolute Gasteiger partial charge is 0.308 e. The van der Waals surface area contributed by atoms with Gasteiger partial charge in [-0.15, -0.1) is 0 Å². The zero-order valence-corrected chi connectivity index (χ0v) is 12.0. The average Bonchev–Trinajstić information content (AvgIpc) is 2.74. The molecule has 1 aromatic heterocycles. The number of nitrogens with one attached hydrogen (secondary N) is 1. The minimum absolute atomic E-state index is 0.162. The average molecular weight is 238 g/mol. The number of hydrogen-bond donors (Lipinski definition) is 1. The molecule has 0 aliphatic rings. The number of hydrogen-bond acceptors (Lipinski definition) is 3. The van der Waals surface area contributed by atoms with Crippen molar-refractivity contribution in [2.75, 3.05) is 20.6 Å². The normalized spacial score (nSPS) is 14.3. The molecular formula is C13H26N4. The van der Waals surface area contributed by atoms with E-state index in [1.165, 1.54) is 5.56 Å². The summed E-state index contributed by atoms with van der Waals surface area (Å²) >= 11 is 0. The van der Waals surface area contributed by atoms with Gasteiger partial charge in [0, 0.05) is 36.4 Å². The molecule has 1 N–H and O–H groups in total. The molecule has 0 saturated heterocycles. The van der Waals surface area contributed by atoms with Crippen LogP contribution in [0.3, 0.4) is 0 Å². The standard InChI is InChI=1S/C13H26N4/c1-7-17-9-12(8-15-17)11(2)14-10-13(3,4)16(5)6/h8-9,11,14H,7,10H2,1-6H3. The van der Waals surface area contributed by atoms with Gasteiger partial charge in [-0.1, -0.05) is 0 Å². The lowest BCUT2D eigenvalue weighted by Crippen LogP contribution is -2.47. The zero-order chi connectivity index (χ0) is 13.1. The number of rotatable bonds is 6. The maximum atomic E-state index is 4.30. The van der Waals surface area contributed by atoms with E-state index in [9.17, 15) is 0 Å². The fourth-order valence-corrected chi connectivity index (χ4v) is 1.45. The molecule has 98 valence electrons. The molecule has 0 radical (unpaired) electrons. The van der Waals surface area contributed by atoms with Crippen molar-refractivity contribution in [1.29, 1.82) is 0 Å². The van der Waals surface area contributed by atoms with E-state index in [4.69, 9.17) is 0 Å². The zero-order valence-electron chi connectivity index (χ0n) is 12.0. The highest BCUT2D eigenvalue weighted by Gasteiger charge is 2.21. The highest BCUT2D eigenvalue weighted by Crippen LogP contribution is 2.14. The lowest BCUT2D eigenvalue weighted by molar-refractivity contribution is 0.185. The first kappa shape index (κ1) is 14.2. The van der Waals surface area contributed by atoms with Gasteiger partial charge in [0.1, 0.15) is 0 Å². The minimum atomic E-state index is 0.162. The number of aromatic nitrogens is 2. The van der Waals surface area contributed by atoms with E-state index in [-0.39, 0.29) is 5.54 Å². The Balaban J connectivity index is 2.52. The summed E-state index contributed by atoms with van der Waals surface area (Å²) in [7, 11) is 4.23. The molecule has 4 nitrogen and oxygen atoms in total. The Morgan fingerprint density at radius 2 is 2.12 bits per heavy atom. The Morgan fingerprint density at radius 1 is 1.47 bits per heavy atom. The number of likely N-dealkylation sites (N-methyl/N-ethyl adjacent to an activating group) is 1. The van der Waals surface area contributed by atoms with Crippen LogP contribution >= 0.6 is 0 Å². The summed E-state index contributed by atoms with van der Waals surface area (Å²) in [5.74, 6) is 0. The second-order valence-corrected chi connectivity index (χ2v) is 5.44. The summed E-state index contributed by atoms with van der Waals surface area (Å²) < 4.78 is 1.96. The highest BCUT2D eigenvalue weighted by atomic mass is 15.3. The van der Waals surface area contributed by atoms with Gasteiger partial charge in [-0.3, -0.25) is 4.68 Å². The van der Waals surface area contributed by atoms with Crippen LogP contribution in [0.4, 0.5) is 0 Å². The summed E-state index contributed by atoms with van der Waals surface area (Å²) in [4.78, 5) is 2.24. The van der Waals surface area contributed by atoms with Crippen LogP contribution in [0.15, 0.2) is 12.4 Å². The molecule has 17 heavy (non-hydrogen) atoms. The molecule has 0 bridgehead atoms.